The van der Waals surface area contributed by atoms with Gasteiger partial charge in [-0.15, -0.1) is 0 Å². The lowest BCUT2D eigenvalue weighted by molar-refractivity contribution is -0.384. The zero-order valence-electron chi connectivity index (χ0n) is 17.8. The average Bonchev–Trinajstić information content (AvgIpc) is 3.60. The molecule has 1 saturated carbocycles. The largest absolute Gasteiger partial charge is 0.377 e. The number of benzene rings is 2. The van der Waals surface area contributed by atoms with Crippen molar-refractivity contribution in [2.45, 2.75) is 37.8 Å². The molecule has 168 valence electrons. The first kappa shape index (κ1) is 21.8. The molecule has 0 unspecified atom stereocenters. The number of amides is 2. The number of rotatable bonds is 8. The quantitative estimate of drug-likeness (QED) is 0.432. The molecule has 2 fully saturated rings. The van der Waals surface area contributed by atoms with Crippen LogP contribution >= 0.6 is 0 Å². The maximum Gasteiger partial charge on any atom is 0.293 e. The molecule has 1 saturated heterocycles. The van der Waals surface area contributed by atoms with Gasteiger partial charge in [-0.25, -0.2) is 0 Å². The molecule has 3 N–H and O–H groups in total. The first-order valence-electron chi connectivity index (χ1n) is 10.9. The number of para-hydroxylation sites is 1. The van der Waals surface area contributed by atoms with Gasteiger partial charge in [0.15, 0.2) is 0 Å². The summed E-state index contributed by atoms with van der Waals surface area (Å²) in [4.78, 5) is 37.7. The highest BCUT2D eigenvalue weighted by molar-refractivity contribution is 5.96. The minimum Gasteiger partial charge on any atom is -0.377 e. The maximum atomic E-state index is 12.3. The Hall–Kier alpha value is -3.46. The van der Waals surface area contributed by atoms with Crippen LogP contribution < -0.4 is 16.0 Å². The van der Waals surface area contributed by atoms with Gasteiger partial charge in [0, 0.05) is 42.5 Å². The summed E-state index contributed by atoms with van der Waals surface area (Å²) in [5, 5.41) is 20.6. The highest BCUT2D eigenvalue weighted by Gasteiger charge is 2.27. The molecule has 0 radical (unpaired) electrons. The fraction of sp³-hybridized carbons (Fsp3) is 0.391. The summed E-state index contributed by atoms with van der Waals surface area (Å²) >= 11 is 0. The summed E-state index contributed by atoms with van der Waals surface area (Å²) in [5.41, 5.74) is 1.39. The summed E-state index contributed by atoms with van der Waals surface area (Å²) in [6, 6.07) is 14.2. The van der Waals surface area contributed by atoms with E-state index < -0.39 is 4.92 Å². The van der Waals surface area contributed by atoms with E-state index in [4.69, 9.17) is 0 Å². The van der Waals surface area contributed by atoms with Crippen LogP contribution in [0.2, 0.25) is 0 Å². The van der Waals surface area contributed by atoms with Crippen LogP contribution in [0.15, 0.2) is 48.5 Å². The van der Waals surface area contributed by atoms with Gasteiger partial charge in [-0.05, 0) is 49.9 Å². The third kappa shape index (κ3) is 5.82. The molecule has 32 heavy (non-hydrogen) atoms. The van der Waals surface area contributed by atoms with Gasteiger partial charge in [-0.1, -0.05) is 18.2 Å². The summed E-state index contributed by atoms with van der Waals surface area (Å²) in [6.07, 6.45) is 3.44. The Labute approximate surface area is 186 Å². The van der Waals surface area contributed by atoms with E-state index in [2.05, 4.69) is 20.9 Å². The SMILES string of the molecule is O=C(CN1CCC(Nc2ccc(C(=O)NC3CC3)cc2[N+](=O)[O-])CC1)Nc1ccccc1. The number of hydrogen-bond donors (Lipinski definition) is 3. The van der Waals surface area contributed by atoms with Gasteiger partial charge in [0.25, 0.3) is 11.6 Å². The third-order valence-corrected chi connectivity index (χ3v) is 5.74. The van der Waals surface area contributed by atoms with Crippen LogP contribution in [0.4, 0.5) is 17.1 Å². The normalized spacial score (nSPS) is 16.9. The molecular weight excluding hydrogens is 410 g/mol. The highest BCUT2D eigenvalue weighted by atomic mass is 16.6. The first-order valence-corrected chi connectivity index (χ1v) is 10.9. The van der Waals surface area contributed by atoms with Crippen LogP contribution in [0.25, 0.3) is 0 Å². The lowest BCUT2D eigenvalue weighted by Crippen LogP contribution is -2.42. The van der Waals surface area contributed by atoms with Crippen LogP contribution in [-0.4, -0.2) is 53.4 Å². The molecule has 2 amide bonds. The molecule has 0 bridgehead atoms. The fourth-order valence-corrected chi connectivity index (χ4v) is 3.82. The molecule has 1 heterocycles. The van der Waals surface area contributed by atoms with Crippen molar-refractivity contribution in [2.75, 3.05) is 30.3 Å². The van der Waals surface area contributed by atoms with Crippen molar-refractivity contribution < 1.29 is 14.5 Å². The second-order valence-corrected chi connectivity index (χ2v) is 8.35. The Kier molecular flexibility index (Phi) is 6.65. The van der Waals surface area contributed by atoms with Crippen molar-refractivity contribution in [1.82, 2.24) is 10.2 Å². The number of piperidine rings is 1. The zero-order chi connectivity index (χ0) is 22.5. The molecule has 0 atom stereocenters. The van der Waals surface area contributed by atoms with Gasteiger partial charge in [0.2, 0.25) is 5.91 Å². The Balaban J connectivity index is 1.30. The van der Waals surface area contributed by atoms with Crippen LogP contribution in [-0.2, 0) is 4.79 Å². The van der Waals surface area contributed by atoms with Crippen LogP contribution in [0, 0.1) is 10.1 Å². The predicted molar refractivity (Wildman–Crippen MR) is 122 cm³/mol. The van der Waals surface area contributed by atoms with E-state index in [1.165, 1.54) is 6.07 Å². The summed E-state index contributed by atoms with van der Waals surface area (Å²) in [5.74, 6) is -0.331. The van der Waals surface area contributed by atoms with Crippen LogP contribution in [0.5, 0.6) is 0 Å². The second-order valence-electron chi connectivity index (χ2n) is 8.35. The number of carbonyl (C=O) groups is 2. The summed E-state index contributed by atoms with van der Waals surface area (Å²) < 4.78 is 0. The predicted octanol–water partition coefficient (Wildman–Crippen LogP) is 3.00. The fourth-order valence-electron chi connectivity index (χ4n) is 3.82. The zero-order valence-corrected chi connectivity index (χ0v) is 17.8. The second kappa shape index (κ2) is 9.78. The number of nitro benzene ring substituents is 1. The van der Waals surface area contributed by atoms with E-state index in [1.54, 1.807) is 12.1 Å². The van der Waals surface area contributed by atoms with E-state index in [9.17, 15) is 19.7 Å². The number of nitro groups is 1. The molecular formula is C23H27N5O4. The Bertz CT molecular complexity index is 985. The summed E-state index contributed by atoms with van der Waals surface area (Å²) in [6.45, 7) is 1.75. The topological polar surface area (TPSA) is 117 Å². The van der Waals surface area contributed by atoms with Crippen molar-refractivity contribution >= 4 is 28.9 Å². The van der Waals surface area contributed by atoms with E-state index in [0.717, 1.165) is 44.5 Å². The monoisotopic (exact) mass is 437 g/mol. The number of nitrogens with zero attached hydrogens (tertiary/aromatic N) is 2. The standard InChI is InChI=1S/C23H27N5O4/c29-22(25-17-4-2-1-3-5-17)15-27-12-10-19(11-13-27)24-20-9-6-16(14-21(20)28(31)32)23(30)26-18-7-8-18/h1-6,9,14,18-19,24H,7-8,10-13,15H2,(H,25,29)(H,26,30). The smallest absolute Gasteiger partial charge is 0.293 e. The molecule has 1 aliphatic carbocycles. The van der Waals surface area contributed by atoms with E-state index >= 15 is 0 Å². The lowest BCUT2D eigenvalue weighted by Gasteiger charge is -2.32. The molecule has 0 aromatic heterocycles. The van der Waals surface area contributed by atoms with Gasteiger partial charge in [0.1, 0.15) is 5.69 Å². The molecule has 2 aliphatic rings. The van der Waals surface area contributed by atoms with E-state index in [-0.39, 0.29) is 29.6 Å². The molecule has 1 aliphatic heterocycles. The molecule has 4 rings (SSSR count). The number of anilines is 2. The lowest BCUT2D eigenvalue weighted by atomic mass is 10.0. The number of hydrogen-bond acceptors (Lipinski definition) is 6. The van der Waals surface area contributed by atoms with Crippen molar-refractivity contribution in [3.05, 3.63) is 64.2 Å². The molecule has 9 nitrogen and oxygen atoms in total. The van der Waals surface area contributed by atoms with Gasteiger partial charge >= 0.3 is 0 Å². The van der Waals surface area contributed by atoms with E-state index in [1.807, 2.05) is 30.3 Å². The Morgan fingerprint density at radius 2 is 1.72 bits per heavy atom. The first-order chi connectivity index (χ1) is 15.5. The van der Waals surface area contributed by atoms with Crippen molar-refractivity contribution in [3.63, 3.8) is 0 Å². The minimum atomic E-state index is -0.459. The Morgan fingerprint density at radius 3 is 2.38 bits per heavy atom. The molecule has 9 heteroatoms. The van der Waals surface area contributed by atoms with Crippen LogP contribution in [0.1, 0.15) is 36.0 Å². The average molecular weight is 438 g/mol. The Morgan fingerprint density at radius 1 is 1.00 bits per heavy atom. The highest BCUT2D eigenvalue weighted by Crippen LogP contribution is 2.28. The van der Waals surface area contributed by atoms with Crippen LogP contribution in [0.3, 0.4) is 0 Å². The molecule has 2 aromatic rings. The van der Waals surface area contributed by atoms with Crippen molar-refractivity contribution in [1.29, 1.82) is 0 Å². The summed E-state index contributed by atoms with van der Waals surface area (Å²) in [7, 11) is 0. The molecule has 2 aromatic carbocycles. The number of carbonyl (C=O) groups excluding carboxylic acids is 2. The number of nitrogens with one attached hydrogen (secondary N) is 3. The third-order valence-electron chi connectivity index (χ3n) is 5.74. The number of likely N-dealkylation sites (tertiary alicyclic amines) is 1. The van der Waals surface area contributed by atoms with Gasteiger partial charge in [-0.2, -0.15) is 0 Å². The van der Waals surface area contributed by atoms with Gasteiger partial charge < -0.3 is 16.0 Å². The van der Waals surface area contributed by atoms with Gasteiger partial charge in [0.05, 0.1) is 11.5 Å². The van der Waals surface area contributed by atoms with E-state index in [0.29, 0.717) is 17.8 Å². The van der Waals surface area contributed by atoms with Gasteiger partial charge in [-0.3, -0.25) is 24.6 Å². The minimum absolute atomic E-state index is 0.0571. The molecule has 0 spiro atoms. The maximum absolute atomic E-state index is 12.3. The van der Waals surface area contributed by atoms with Crippen molar-refractivity contribution in [2.24, 2.45) is 0 Å². The van der Waals surface area contributed by atoms with Crippen molar-refractivity contribution in [3.8, 4) is 0 Å².